The van der Waals surface area contributed by atoms with Crippen molar-refractivity contribution in [3.8, 4) is 0 Å². The summed E-state index contributed by atoms with van der Waals surface area (Å²) in [6, 6.07) is 0. The molecule has 1 aliphatic heterocycles. The first-order valence-electron chi connectivity index (χ1n) is 8.08. The molecule has 0 bridgehead atoms. The van der Waals surface area contributed by atoms with Gasteiger partial charge in [0.15, 0.2) is 5.82 Å². The van der Waals surface area contributed by atoms with Gasteiger partial charge in [-0.1, -0.05) is 5.16 Å². The Labute approximate surface area is 141 Å². The van der Waals surface area contributed by atoms with Crippen molar-refractivity contribution in [1.82, 2.24) is 15.0 Å². The van der Waals surface area contributed by atoms with Gasteiger partial charge in [0, 0.05) is 20.0 Å². The lowest BCUT2D eigenvalue weighted by Crippen LogP contribution is -2.44. The number of esters is 1. The summed E-state index contributed by atoms with van der Waals surface area (Å²) >= 11 is 0. The summed E-state index contributed by atoms with van der Waals surface area (Å²) in [6.07, 6.45) is -1.47. The van der Waals surface area contributed by atoms with E-state index < -0.39 is 23.6 Å². The monoisotopic (exact) mass is 361 g/mol. The summed E-state index contributed by atoms with van der Waals surface area (Å²) in [5, 5.41) is 3.27. The predicted molar refractivity (Wildman–Crippen MR) is 76.0 cm³/mol. The van der Waals surface area contributed by atoms with E-state index in [1.54, 1.807) is 7.05 Å². The fraction of sp³-hybridized carbons (Fsp3) is 0.733. The van der Waals surface area contributed by atoms with Gasteiger partial charge in [0.25, 0.3) is 0 Å². The first kappa shape index (κ1) is 17.7. The summed E-state index contributed by atoms with van der Waals surface area (Å²) in [4.78, 5) is 29.0. The van der Waals surface area contributed by atoms with Crippen molar-refractivity contribution in [2.75, 3.05) is 13.6 Å². The molecule has 0 unspecified atom stereocenters. The van der Waals surface area contributed by atoms with Gasteiger partial charge < -0.3 is 14.2 Å². The standard InChI is InChI=1S/C15H18F3N3O4/c1-21(7-4-10-19-13(25-20-10)15(16,17)18)12(23)9-8-11(22)24-14(9)5-2-3-6-14/h9H,2-8H2,1H3/t9-/m1/s1. The smallest absolute Gasteiger partial charge is 0.458 e. The Morgan fingerprint density at radius 1 is 1.36 bits per heavy atom. The third-order valence-electron chi connectivity index (χ3n) is 4.83. The summed E-state index contributed by atoms with van der Waals surface area (Å²) in [5.41, 5.74) is -0.710. The van der Waals surface area contributed by atoms with Gasteiger partial charge in [0.1, 0.15) is 5.60 Å². The van der Waals surface area contributed by atoms with Gasteiger partial charge in [0.05, 0.1) is 12.3 Å². The zero-order valence-corrected chi connectivity index (χ0v) is 13.6. The summed E-state index contributed by atoms with van der Waals surface area (Å²) in [5.74, 6) is -2.69. The highest BCUT2D eigenvalue weighted by atomic mass is 19.4. The molecule has 2 aliphatic rings. The number of hydrogen-bond acceptors (Lipinski definition) is 6. The van der Waals surface area contributed by atoms with Gasteiger partial charge in [-0.25, -0.2) is 0 Å². The Kier molecular flexibility index (Phi) is 4.46. The number of amides is 1. The predicted octanol–water partition coefficient (Wildman–Crippen LogP) is 1.97. The van der Waals surface area contributed by atoms with Crippen molar-refractivity contribution in [3.63, 3.8) is 0 Å². The molecule has 1 atom stereocenters. The molecule has 0 aromatic carbocycles. The molecule has 1 aromatic rings. The SMILES string of the molecule is CN(CCc1noc(C(F)(F)F)n1)C(=O)[C@H]1CC(=O)OC12CCCC2. The molecule has 10 heteroatoms. The van der Waals surface area contributed by atoms with Crippen molar-refractivity contribution in [3.05, 3.63) is 11.7 Å². The van der Waals surface area contributed by atoms with Gasteiger partial charge in [0.2, 0.25) is 5.91 Å². The lowest BCUT2D eigenvalue weighted by molar-refractivity contribution is -0.159. The highest BCUT2D eigenvalue weighted by Crippen LogP contribution is 2.46. The molecular weight excluding hydrogens is 343 g/mol. The fourth-order valence-electron chi connectivity index (χ4n) is 3.54. The van der Waals surface area contributed by atoms with Crippen molar-refractivity contribution in [2.45, 2.75) is 50.3 Å². The van der Waals surface area contributed by atoms with Crippen LogP contribution in [0.3, 0.4) is 0 Å². The summed E-state index contributed by atoms with van der Waals surface area (Å²) < 4.78 is 46.9. The van der Waals surface area contributed by atoms with Crippen LogP contribution in [0.25, 0.3) is 0 Å². The zero-order valence-electron chi connectivity index (χ0n) is 13.6. The number of hydrogen-bond donors (Lipinski definition) is 0. The number of halogens is 3. The zero-order chi connectivity index (χ0) is 18.2. The minimum atomic E-state index is -4.69. The topological polar surface area (TPSA) is 85.5 Å². The molecule has 7 nitrogen and oxygen atoms in total. The average Bonchev–Trinajstić information content (AvgIpc) is 3.24. The first-order chi connectivity index (χ1) is 11.7. The molecule has 1 aromatic heterocycles. The van der Waals surface area contributed by atoms with Gasteiger partial charge in [-0.15, -0.1) is 0 Å². The van der Waals surface area contributed by atoms with E-state index in [0.717, 1.165) is 12.8 Å². The number of rotatable bonds is 4. The van der Waals surface area contributed by atoms with Gasteiger partial charge in [-0.05, 0) is 25.7 Å². The van der Waals surface area contributed by atoms with Crippen LogP contribution >= 0.6 is 0 Å². The Balaban J connectivity index is 1.61. The van der Waals surface area contributed by atoms with Crippen LogP contribution in [0.5, 0.6) is 0 Å². The Bertz CT molecular complexity index is 667. The first-order valence-corrected chi connectivity index (χ1v) is 8.08. The average molecular weight is 361 g/mol. The van der Waals surface area contributed by atoms with Crippen LogP contribution in [-0.4, -0.2) is 46.1 Å². The van der Waals surface area contributed by atoms with E-state index in [0.29, 0.717) is 12.8 Å². The quantitative estimate of drug-likeness (QED) is 0.762. The highest BCUT2D eigenvalue weighted by molar-refractivity contribution is 5.87. The van der Waals surface area contributed by atoms with Crippen molar-refractivity contribution in [2.24, 2.45) is 5.92 Å². The molecule has 1 aliphatic carbocycles. The minimum absolute atomic E-state index is 0.0242. The van der Waals surface area contributed by atoms with Crippen LogP contribution in [0.2, 0.25) is 0 Å². The van der Waals surface area contributed by atoms with Crippen LogP contribution in [-0.2, 0) is 26.9 Å². The Morgan fingerprint density at radius 3 is 2.64 bits per heavy atom. The lowest BCUT2D eigenvalue weighted by Gasteiger charge is -2.30. The maximum atomic E-state index is 12.7. The van der Waals surface area contributed by atoms with E-state index >= 15 is 0 Å². The third kappa shape index (κ3) is 3.47. The van der Waals surface area contributed by atoms with E-state index in [-0.39, 0.29) is 37.1 Å². The summed E-state index contributed by atoms with van der Waals surface area (Å²) in [6.45, 7) is 0.121. The van der Waals surface area contributed by atoms with E-state index in [2.05, 4.69) is 14.7 Å². The van der Waals surface area contributed by atoms with Crippen LogP contribution in [0.4, 0.5) is 13.2 Å². The number of aromatic nitrogens is 2. The molecule has 1 amide bonds. The molecular formula is C15H18F3N3O4. The third-order valence-corrected chi connectivity index (χ3v) is 4.83. The number of alkyl halides is 3. The largest absolute Gasteiger partial charge is 0.471 e. The number of nitrogens with zero attached hydrogens (tertiary/aromatic N) is 3. The summed E-state index contributed by atoms with van der Waals surface area (Å²) in [7, 11) is 1.54. The second-order valence-electron chi connectivity index (χ2n) is 6.53. The normalized spacial score (nSPS) is 22.4. The van der Waals surface area contributed by atoms with Crippen LogP contribution in [0.15, 0.2) is 4.52 Å². The van der Waals surface area contributed by atoms with Gasteiger partial charge in [-0.2, -0.15) is 18.2 Å². The molecule has 0 radical (unpaired) electrons. The molecule has 0 N–H and O–H groups in total. The van der Waals surface area contributed by atoms with Crippen LogP contribution in [0.1, 0.15) is 43.8 Å². The number of ether oxygens (including phenoxy) is 1. The fourth-order valence-corrected chi connectivity index (χ4v) is 3.54. The van der Waals surface area contributed by atoms with Gasteiger partial charge in [-0.3, -0.25) is 9.59 Å². The molecule has 138 valence electrons. The number of carbonyl (C=O) groups is 2. The van der Waals surface area contributed by atoms with E-state index in [9.17, 15) is 22.8 Å². The maximum absolute atomic E-state index is 12.7. The lowest BCUT2D eigenvalue weighted by atomic mass is 9.84. The molecule has 1 spiro atoms. The van der Waals surface area contributed by atoms with Crippen molar-refractivity contribution >= 4 is 11.9 Å². The second-order valence-corrected chi connectivity index (χ2v) is 6.53. The van der Waals surface area contributed by atoms with Crippen molar-refractivity contribution in [1.29, 1.82) is 0 Å². The van der Waals surface area contributed by atoms with E-state index in [1.165, 1.54) is 4.90 Å². The molecule has 25 heavy (non-hydrogen) atoms. The second kappa shape index (κ2) is 6.30. The van der Waals surface area contributed by atoms with Crippen LogP contribution < -0.4 is 0 Å². The Hall–Kier alpha value is -2.13. The highest BCUT2D eigenvalue weighted by Gasteiger charge is 2.54. The van der Waals surface area contributed by atoms with Crippen LogP contribution in [0, 0.1) is 5.92 Å². The number of likely N-dealkylation sites (N-methyl/N-ethyl adjacent to an activating group) is 1. The molecule has 1 saturated heterocycles. The molecule has 3 rings (SSSR count). The Morgan fingerprint density at radius 2 is 2.04 bits per heavy atom. The van der Waals surface area contributed by atoms with E-state index in [1.807, 2.05) is 0 Å². The molecule has 2 heterocycles. The van der Waals surface area contributed by atoms with Gasteiger partial charge >= 0.3 is 18.0 Å². The molecule has 1 saturated carbocycles. The minimum Gasteiger partial charge on any atom is -0.458 e. The number of carbonyl (C=O) groups excluding carboxylic acids is 2. The maximum Gasteiger partial charge on any atom is 0.471 e. The molecule has 2 fully saturated rings. The van der Waals surface area contributed by atoms with Crippen molar-refractivity contribution < 1.29 is 32.0 Å². The van der Waals surface area contributed by atoms with E-state index in [4.69, 9.17) is 4.74 Å².